The van der Waals surface area contributed by atoms with E-state index in [1.807, 2.05) is 18.2 Å². The van der Waals surface area contributed by atoms with Gasteiger partial charge in [0.2, 0.25) is 0 Å². The molecule has 0 amide bonds. The van der Waals surface area contributed by atoms with Gasteiger partial charge >= 0.3 is 0 Å². The maximum atomic E-state index is 6.10. The molecule has 0 spiro atoms. The van der Waals surface area contributed by atoms with Crippen molar-refractivity contribution in [3.8, 4) is 11.5 Å². The normalized spacial score (nSPS) is 15.7. The molecule has 2 heterocycles. The van der Waals surface area contributed by atoms with E-state index in [0.717, 1.165) is 30.0 Å². The molecule has 3 aromatic carbocycles. The number of benzene rings is 3. The number of hydrogen-bond donors (Lipinski definition) is 2. The van der Waals surface area contributed by atoms with Crippen molar-refractivity contribution in [3.63, 3.8) is 0 Å². The number of hydrogen-bond acceptors (Lipinski definition) is 3. The van der Waals surface area contributed by atoms with Gasteiger partial charge in [0, 0.05) is 28.7 Å². The zero-order chi connectivity index (χ0) is 22.1. The number of nitrogens with one attached hydrogen (secondary N) is 2. The van der Waals surface area contributed by atoms with Crippen molar-refractivity contribution in [2.24, 2.45) is 0 Å². The highest BCUT2D eigenvalue weighted by Crippen LogP contribution is 2.39. The van der Waals surface area contributed by atoms with Gasteiger partial charge in [-0.15, -0.1) is 0 Å². The van der Waals surface area contributed by atoms with Crippen LogP contribution in [0.25, 0.3) is 10.9 Å². The van der Waals surface area contributed by atoms with Crippen molar-refractivity contribution in [3.05, 3.63) is 94.7 Å². The van der Waals surface area contributed by atoms with Crippen LogP contribution in [0.5, 0.6) is 11.5 Å². The molecular weight excluding hydrogens is 396 g/mol. The Hall–Kier alpha value is -3.24. The van der Waals surface area contributed by atoms with E-state index < -0.39 is 0 Å². The van der Waals surface area contributed by atoms with Gasteiger partial charge in [-0.25, -0.2) is 0 Å². The second-order valence-electron chi connectivity index (χ2n) is 8.79. The van der Waals surface area contributed by atoms with E-state index >= 15 is 0 Å². The lowest BCUT2D eigenvalue weighted by Crippen LogP contribution is -2.30. The van der Waals surface area contributed by atoms with Gasteiger partial charge in [-0.2, -0.15) is 0 Å². The quantitative estimate of drug-likeness (QED) is 0.391. The molecule has 0 saturated carbocycles. The second-order valence-corrected chi connectivity index (χ2v) is 8.79. The third kappa shape index (κ3) is 3.87. The molecule has 1 unspecified atom stereocenters. The Morgan fingerprint density at radius 2 is 1.84 bits per heavy atom. The van der Waals surface area contributed by atoms with E-state index in [2.05, 4.69) is 72.7 Å². The summed E-state index contributed by atoms with van der Waals surface area (Å²) in [5, 5.41) is 4.96. The molecule has 1 atom stereocenters. The van der Waals surface area contributed by atoms with Crippen LogP contribution >= 0.6 is 0 Å². The fourth-order valence-electron chi connectivity index (χ4n) is 4.64. The Morgan fingerprint density at radius 3 is 2.62 bits per heavy atom. The lowest BCUT2D eigenvalue weighted by Gasteiger charge is -2.27. The highest BCUT2D eigenvalue weighted by Gasteiger charge is 2.28. The third-order valence-electron chi connectivity index (χ3n) is 6.40. The van der Waals surface area contributed by atoms with E-state index in [4.69, 9.17) is 9.47 Å². The number of methoxy groups -OCH3 is 1. The van der Waals surface area contributed by atoms with Crippen molar-refractivity contribution < 1.29 is 9.47 Å². The molecule has 5 rings (SSSR count). The fraction of sp³-hybridized carbons (Fsp3) is 0.286. The van der Waals surface area contributed by atoms with Gasteiger partial charge in [-0.1, -0.05) is 50.2 Å². The first kappa shape index (κ1) is 20.7. The molecule has 0 fully saturated rings. The van der Waals surface area contributed by atoms with Crippen LogP contribution in [0.3, 0.4) is 0 Å². The summed E-state index contributed by atoms with van der Waals surface area (Å²) in [5.74, 6) is 2.29. The Morgan fingerprint density at radius 1 is 1.00 bits per heavy atom. The number of ether oxygens (including phenoxy) is 2. The molecule has 1 aliphatic rings. The molecule has 4 heteroatoms. The van der Waals surface area contributed by atoms with Crippen molar-refractivity contribution in [2.45, 2.75) is 38.8 Å². The first-order valence-electron chi connectivity index (χ1n) is 11.4. The van der Waals surface area contributed by atoms with Gasteiger partial charge in [0.05, 0.1) is 13.2 Å². The molecule has 0 aliphatic carbocycles. The van der Waals surface area contributed by atoms with Crippen LogP contribution in [-0.2, 0) is 13.0 Å². The van der Waals surface area contributed by atoms with Crippen molar-refractivity contribution in [1.29, 1.82) is 0 Å². The molecule has 32 heavy (non-hydrogen) atoms. The SMILES string of the molecule is COc1ccc(C(C)C)cc1C1NCCc2c1[nH]c1ccc(OCc3ccccc3)cc21. The van der Waals surface area contributed by atoms with E-state index in [9.17, 15) is 0 Å². The lowest BCUT2D eigenvalue weighted by atomic mass is 9.91. The maximum Gasteiger partial charge on any atom is 0.124 e. The Bertz CT molecular complexity index is 1230. The van der Waals surface area contributed by atoms with Crippen molar-refractivity contribution in [2.75, 3.05) is 13.7 Å². The van der Waals surface area contributed by atoms with Crippen LogP contribution in [0.2, 0.25) is 0 Å². The number of aromatic amines is 1. The van der Waals surface area contributed by atoms with Crippen LogP contribution in [0.15, 0.2) is 66.7 Å². The smallest absolute Gasteiger partial charge is 0.124 e. The minimum Gasteiger partial charge on any atom is -0.496 e. The van der Waals surface area contributed by atoms with Gasteiger partial charge in [0.15, 0.2) is 0 Å². The summed E-state index contributed by atoms with van der Waals surface area (Å²) in [7, 11) is 1.75. The van der Waals surface area contributed by atoms with Gasteiger partial charge in [-0.05, 0) is 59.4 Å². The topological polar surface area (TPSA) is 46.3 Å². The van der Waals surface area contributed by atoms with Gasteiger partial charge in [-0.3, -0.25) is 0 Å². The summed E-state index contributed by atoms with van der Waals surface area (Å²) in [6.07, 6.45) is 0.986. The van der Waals surface area contributed by atoms with Crippen LogP contribution < -0.4 is 14.8 Å². The zero-order valence-electron chi connectivity index (χ0n) is 18.9. The largest absolute Gasteiger partial charge is 0.496 e. The van der Waals surface area contributed by atoms with Crippen molar-refractivity contribution >= 4 is 10.9 Å². The summed E-state index contributed by atoms with van der Waals surface area (Å²) in [6, 6.07) is 23.3. The van der Waals surface area contributed by atoms with E-state index in [1.165, 1.54) is 33.3 Å². The molecule has 1 aromatic heterocycles. The average Bonchev–Trinajstić information content (AvgIpc) is 3.21. The third-order valence-corrected chi connectivity index (χ3v) is 6.40. The molecule has 0 saturated heterocycles. The highest BCUT2D eigenvalue weighted by atomic mass is 16.5. The number of rotatable bonds is 6. The lowest BCUT2D eigenvalue weighted by molar-refractivity contribution is 0.306. The number of fused-ring (bicyclic) bond motifs is 3. The zero-order valence-corrected chi connectivity index (χ0v) is 18.9. The molecule has 2 N–H and O–H groups in total. The standard InChI is InChI=1S/C28H30N2O2/c1-18(2)20-9-12-26(31-3)24(15-20)27-28-22(13-14-29-27)23-16-21(10-11-25(23)30-28)32-17-19-7-5-4-6-8-19/h4-12,15-16,18,27,29-30H,13-14,17H2,1-3H3. The molecule has 4 nitrogen and oxygen atoms in total. The van der Waals surface area contributed by atoms with Crippen LogP contribution in [0.4, 0.5) is 0 Å². The van der Waals surface area contributed by atoms with Gasteiger partial charge in [0.25, 0.3) is 0 Å². The molecule has 164 valence electrons. The summed E-state index contributed by atoms with van der Waals surface area (Å²) in [5.41, 5.74) is 7.42. The molecular formula is C28H30N2O2. The molecule has 4 aromatic rings. The molecule has 0 bridgehead atoms. The monoisotopic (exact) mass is 426 g/mol. The predicted octanol–water partition coefficient (Wildman–Crippen LogP) is 6.11. The minimum atomic E-state index is 0.0773. The van der Waals surface area contributed by atoms with E-state index in [0.29, 0.717) is 12.5 Å². The first-order chi connectivity index (χ1) is 15.6. The predicted molar refractivity (Wildman–Crippen MR) is 130 cm³/mol. The Kier molecular flexibility index (Phi) is 5.62. The Labute approximate surface area is 189 Å². The summed E-state index contributed by atoms with van der Waals surface area (Å²) in [6.45, 7) is 5.95. The first-order valence-corrected chi connectivity index (χ1v) is 11.4. The van der Waals surface area contributed by atoms with E-state index in [1.54, 1.807) is 7.11 Å². The van der Waals surface area contributed by atoms with E-state index in [-0.39, 0.29) is 6.04 Å². The summed E-state index contributed by atoms with van der Waals surface area (Å²) >= 11 is 0. The number of aromatic nitrogens is 1. The second kappa shape index (κ2) is 8.71. The van der Waals surface area contributed by atoms with Gasteiger partial charge in [0.1, 0.15) is 18.1 Å². The van der Waals surface area contributed by atoms with Crippen LogP contribution in [0, 0.1) is 0 Å². The van der Waals surface area contributed by atoms with Gasteiger partial charge < -0.3 is 19.8 Å². The minimum absolute atomic E-state index is 0.0773. The fourth-order valence-corrected chi connectivity index (χ4v) is 4.64. The highest BCUT2D eigenvalue weighted by molar-refractivity contribution is 5.86. The van der Waals surface area contributed by atoms with Crippen molar-refractivity contribution in [1.82, 2.24) is 10.3 Å². The van der Waals surface area contributed by atoms with Crippen LogP contribution in [-0.4, -0.2) is 18.6 Å². The molecule has 1 aliphatic heterocycles. The van der Waals surface area contributed by atoms with Crippen LogP contribution in [0.1, 0.15) is 53.8 Å². The Balaban J connectivity index is 1.50. The maximum absolute atomic E-state index is 6.10. The summed E-state index contributed by atoms with van der Waals surface area (Å²) in [4.78, 5) is 3.69. The summed E-state index contributed by atoms with van der Waals surface area (Å²) < 4.78 is 11.8. The number of H-pyrrole nitrogens is 1. The molecule has 0 radical (unpaired) electrons. The average molecular weight is 427 g/mol.